The van der Waals surface area contributed by atoms with Crippen LogP contribution in [0.4, 0.5) is 5.69 Å². The summed E-state index contributed by atoms with van der Waals surface area (Å²) in [4.78, 5) is 6.61. The Morgan fingerprint density at radius 2 is 1.19 bits per heavy atom. The molecule has 9 rings (SSSR count). The molecular weight excluding hydrogens is 591 g/mol. The first-order chi connectivity index (χ1) is 23.3. The monoisotopic (exact) mass is 621 g/mol. The number of aliphatic imine (C=N–C) groups is 1. The summed E-state index contributed by atoms with van der Waals surface area (Å²) in [6.07, 6.45) is 1.95. The molecule has 2 N–H and O–H groups in total. The molecule has 0 aliphatic carbocycles. The summed E-state index contributed by atoms with van der Waals surface area (Å²) in [5.41, 5.74) is 10.3. The Bertz CT molecular complexity index is 2330. The molecule has 2 aliphatic heterocycles. The van der Waals surface area contributed by atoms with Crippen LogP contribution in [0.3, 0.4) is 0 Å². The lowest BCUT2D eigenvalue weighted by molar-refractivity contribution is 0.665. The van der Waals surface area contributed by atoms with E-state index in [2.05, 4.69) is 174 Å². The van der Waals surface area contributed by atoms with E-state index in [4.69, 9.17) is 4.99 Å². The molecule has 0 fully saturated rings. The largest absolute Gasteiger partial charge is 0.368 e. The summed E-state index contributed by atoms with van der Waals surface area (Å²) < 4.78 is 0. The van der Waals surface area contributed by atoms with Crippen LogP contribution in [0.15, 0.2) is 174 Å². The highest BCUT2D eigenvalue weighted by molar-refractivity contribution is 8.00. The third-order valence-corrected chi connectivity index (χ3v) is 10.3. The molecule has 7 aromatic rings. The molecule has 0 radical (unpaired) electrons. The first-order valence-corrected chi connectivity index (χ1v) is 16.9. The Labute approximate surface area is 278 Å². The van der Waals surface area contributed by atoms with E-state index < -0.39 is 0 Å². The van der Waals surface area contributed by atoms with E-state index in [0.29, 0.717) is 0 Å². The minimum atomic E-state index is -0.233. The van der Waals surface area contributed by atoms with Gasteiger partial charge in [-0.25, -0.2) is 0 Å². The second kappa shape index (κ2) is 11.7. The van der Waals surface area contributed by atoms with Crippen LogP contribution in [0.2, 0.25) is 0 Å². The fourth-order valence-corrected chi connectivity index (χ4v) is 7.91. The third kappa shape index (κ3) is 5.17. The minimum absolute atomic E-state index is 0.203. The van der Waals surface area contributed by atoms with Crippen molar-refractivity contribution in [2.45, 2.75) is 16.4 Å². The van der Waals surface area contributed by atoms with Crippen molar-refractivity contribution >= 4 is 50.4 Å². The van der Waals surface area contributed by atoms with E-state index in [9.17, 15) is 0 Å². The number of hydrogen-bond acceptors (Lipinski definition) is 4. The predicted molar refractivity (Wildman–Crippen MR) is 199 cm³/mol. The highest BCUT2D eigenvalue weighted by atomic mass is 32.2. The van der Waals surface area contributed by atoms with Gasteiger partial charge in [-0.05, 0) is 68.3 Å². The van der Waals surface area contributed by atoms with Crippen LogP contribution >= 0.6 is 11.8 Å². The minimum Gasteiger partial charge on any atom is -0.368 e. The molecule has 0 aromatic heterocycles. The molecule has 0 bridgehead atoms. The zero-order chi connectivity index (χ0) is 31.2. The normalized spacial score (nSPS) is 17.0. The van der Waals surface area contributed by atoms with Gasteiger partial charge in [-0.1, -0.05) is 151 Å². The van der Waals surface area contributed by atoms with Crippen LogP contribution in [0, 0.1) is 0 Å². The number of anilines is 1. The Morgan fingerprint density at radius 3 is 2.00 bits per heavy atom. The van der Waals surface area contributed by atoms with Gasteiger partial charge in [-0.3, -0.25) is 4.99 Å². The number of fused-ring (bicyclic) bond motifs is 5. The van der Waals surface area contributed by atoms with Gasteiger partial charge in [-0.15, -0.1) is 0 Å². The smallest absolute Gasteiger partial charge is 0.145 e. The number of rotatable bonds is 5. The van der Waals surface area contributed by atoms with Crippen molar-refractivity contribution in [1.82, 2.24) is 5.32 Å². The number of nitrogens with zero attached hydrogens (tertiary/aromatic N) is 1. The third-order valence-electron chi connectivity index (χ3n) is 9.12. The lowest BCUT2D eigenvalue weighted by Crippen LogP contribution is -2.24. The van der Waals surface area contributed by atoms with Gasteiger partial charge in [0.1, 0.15) is 11.5 Å². The molecule has 7 aromatic carbocycles. The Kier molecular flexibility index (Phi) is 6.87. The first kappa shape index (κ1) is 27.7. The number of nitrogens with one attached hydrogen (secondary N) is 2. The number of benzene rings is 7. The first-order valence-electron chi connectivity index (χ1n) is 16.0. The van der Waals surface area contributed by atoms with Crippen molar-refractivity contribution in [2.75, 3.05) is 5.32 Å². The molecule has 2 aliphatic rings. The van der Waals surface area contributed by atoms with Gasteiger partial charge >= 0.3 is 0 Å². The van der Waals surface area contributed by atoms with Crippen LogP contribution in [-0.4, -0.2) is 5.71 Å². The molecule has 47 heavy (non-hydrogen) atoms. The van der Waals surface area contributed by atoms with E-state index >= 15 is 0 Å². The fraction of sp³-hybridized carbons (Fsp3) is 0.0465. The maximum absolute atomic E-state index is 5.32. The van der Waals surface area contributed by atoms with Crippen molar-refractivity contribution < 1.29 is 0 Å². The molecule has 0 amide bonds. The second-order valence-electron chi connectivity index (χ2n) is 12.1. The predicted octanol–water partition coefficient (Wildman–Crippen LogP) is 11.0. The van der Waals surface area contributed by atoms with Gasteiger partial charge in [0.25, 0.3) is 0 Å². The van der Waals surface area contributed by atoms with Crippen LogP contribution in [0.1, 0.15) is 33.8 Å². The van der Waals surface area contributed by atoms with Crippen molar-refractivity contribution in [3.8, 4) is 11.1 Å². The highest BCUT2D eigenvalue weighted by Gasteiger charge is 2.26. The van der Waals surface area contributed by atoms with E-state index in [0.717, 1.165) is 28.1 Å². The fourth-order valence-electron chi connectivity index (χ4n) is 6.76. The van der Waals surface area contributed by atoms with Crippen LogP contribution in [0.25, 0.3) is 38.4 Å². The number of thioether (sulfide) groups is 1. The molecule has 0 saturated carbocycles. The summed E-state index contributed by atoms with van der Waals surface area (Å²) in [7, 11) is 0. The van der Waals surface area contributed by atoms with Crippen LogP contribution in [-0.2, 0) is 0 Å². The van der Waals surface area contributed by atoms with Gasteiger partial charge in [0.15, 0.2) is 0 Å². The SMILES string of the molecule is C1=C(c2ccccc2)NC(c2ccc3c(ccc4ccc5c(c43)NC(c3ccccc3)S5)c2)N=C1c1cccc(-c2ccccc2)c1. The molecule has 2 atom stereocenters. The lowest BCUT2D eigenvalue weighted by atomic mass is 9.96. The van der Waals surface area contributed by atoms with E-state index in [1.165, 1.54) is 48.8 Å². The van der Waals surface area contributed by atoms with Crippen molar-refractivity contribution in [2.24, 2.45) is 4.99 Å². The molecule has 4 heteroatoms. The lowest BCUT2D eigenvalue weighted by Gasteiger charge is -2.25. The van der Waals surface area contributed by atoms with E-state index in [1.54, 1.807) is 0 Å². The standard InChI is InChI=1S/C43H31N3S/c1-4-11-28(12-5-1)32-17-10-18-34(25-32)38-27-37(29-13-6-2-7-14-29)44-42(45-38)35-21-23-36-33(26-35)20-19-30-22-24-39-41(40(30)36)46-43(47-39)31-15-8-3-9-16-31/h1-27,42-44,46H. The number of hydrogen-bond donors (Lipinski definition) is 2. The maximum atomic E-state index is 5.32. The van der Waals surface area contributed by atoms with Crippen molar-refractivity contribution in [1.29, 1.82) is 0 Å². The maximum Gasteiger partial charge on any atom is 0.145 e. The van der Waals surface area contributed by atoms with Gasteiger partial charge < -0.3 is 10.6 Å². The van der Waals surface area contributed by atoms with Crippen LogP contribution < -0.4 is 10.6 Å². The zero-order valence-corrected chi connectivity index (χ0v) is 26.4. The molecule has 224 valence electrons. The summed E-state index contributed by atoms with van der Waals surface area (Å²) in [6, 6.07) is 56.3. The molecule has 2 unspecified atom stereocenters. The molecular formula is C43H31N3S. The Hall–Kier alpha value is -5.58. The molecule has 3 nitrogen and oxygen atoms in total. The summed E-state index contributed by atoms with van der Waals surface area (Å²) in [5, 5.41) is 12.8. The van der Waals surface area contributed by atoms with Gasteiger partial charge in [0.2, 0.25) is 0 Å². The second-order valence-corrected chi connectivity index (χ2v) is 13.2. The summed E-state index contributed by atoms with van der Waals surface area (Å²) in [5.74, 6) is 0. The van der Waals surface area contributed by atoms with E-state index in [1.807, 2.05) is 11.8 Å². The van der Waals surface area contributed by atoms with Crippen molar-refractivity contribution in [3.05, 3.63) is 186 Å². The van der Waals surface area contributed by atoms with E-state index in [-0.39, 0.29) is 11.5 Å². The average Bonchev–Trinajstić information content (AvgIpc) is 3.60. The quantitative estimate of drug-likeness (QED) is 0.188. The van der Waals surface area contributed by atoms with Gasteiger partial charge in [0.05, 0.1) is 11.4 Å². The average molecular weight is 622 g/mol. The molecule has 2 heterocycles. The topological polar surface area (TPSA) is 36.4 Å². The summed E-state index contributed by atoms with van der Waals surface area (Å²) in [6.45, 7) is 0. The van der Waals surface area contributed by atoms with Gasteiger partial charge in [-0.2, -0.15) is 0 Å². The summed E-state index contributed by atoms with van der Waals surface area (Å²) >= 11 is 1.89. The Morgan fingerprint density at radius 1 is 0.511 bits per heavy atom. The molecule has 0 spiro atoms. The molecule has 0 saturated heterocycles. The zero-order valence-electron chi connectivity index (χ0n) is 25.6. The van der Waals surface area contributed by atoms with Crippen LogP contribution in [0.5, 0.6) is 0 Å². The van der Waals surface area contributed by atoms with Gasteiger partial charge in [0, 0.05) is 21.5 Å². The van der Waals surface area contributed by atoms with Crippen molar-refractivity contribution in [3.63, 3.8) is 0 Å². The Balaban J connectivity index is 1.12. The number of allylic oxidation sites excluding steroid dienone is 1. The highest BCUT2D eigenvalue weighted by Crippen LogP contribution is 2.50.